The van der Waals surface area contributed by atoms with Crippen molar-refractivity contribution < 1.29 is 0 Å². The van der Waals surface area contributed by atoms with Crippen molar-refractivity contribution in [1.29, 1.82) is 0 Å². The molecule has 0 aliphatic rings. The summed E-state index contributed by atoms with van der Waals surface area (Å²) in [5.41, 5.74) is 0. The van der Waals surface area contributed by atoms with E-state index in [-0.39, 0.29) is 0 Å². The Balaban J connectivity index is 1.40. The third kappa shape index (κ3) is 2.30. The Morgan fingerprint density at radius 3 is 1.46 bits per heavy atom. The Labute approximate surface area is 166 Å². The predicted molar refractivity (Wildman–Crippen MR) is 123 cm³/mol. The van der Waals surface area contributed by atoms with Crippen LogP contribution in [0.2, 0.25) is 0 Å². The molecule has 0 atom stereocenters. The van der Waals surface area contributed by atoms with E-state index < -0.39 is 0 Å². The lowest BCUT2D eigenvalue weighted by Gasteiger charge is -1.88. The number of fused-ring (bicyclic) bond motifs is 6. The van der Waals surface area contributed by atoms with Crippen LogP contribution in [-0.4, -0.2) is 0 Å². The van der Waals surface area contributed by atoms with E-state index in [0.717, 1.165) is 0 Å². The summed E-state index contributed by atoms with van der Waals surface area (Å²) in [6.45, 7) is 0. The Hall–Kier alpha value is -1.98. The van der Waals surface area contributed by atoms with Crippen molar-refractivity contribution in [3.63, 3.8) is 0 Å². The van der Waals surface area contributed by atoms with Crippen molar-refractivity contribution in [2.24, 2.45) is 0 Å². The van der Waals surface area contributed by atoms with Crippen molar-refractivity contribution in [2.45, 2.75) is 0 Å². The maximum atomic E-state index is 2.33. The molecule has 0 fully saturated rings. The van der Waals surface area contributed by atoms with Gasteiger partial charge < -0.3 is 0 Å². The highest BCUT2D eigenvalue weighted by atomic mass is 32.1. The summed E-state index contributed by atoms with van der Waals surface area (Å²) < 4.78 is 8.40. The van der Waals surface area contributed by atoms with Gasteiger partial charge in [-0.05, 0) is 36.4 Å². The zero-order valence-corrected chi connectivity index (χ0v) is 16.8. The molecule has 0 radical (unpaired) electrons. The van der Waals surface area contributed by atoms with E-state index >= 15 is 0 Å². The van der Waals surface area contributed by atoms with E-state index in [4.69, 9.17) is 0 Å². The molecule has 2 aromatic carbocycles. The molecule has 0 bridgehead atoms. The van der Waals surface area contributed by atoms with Crippen molar-refractivity contribution in [3.8, 4) is 0 Å². The van der Waals surface area contributed by atoms with E-state index in [2.05, 4.69) is 72.8 Å². The minimum Gasteiger partial charge on any atom is -0.134 e. The minimum atomic E-state index is 1.33. The number of hydrogen-bond acceptors (Lipinski definition) is 4. The second kappa shape index (κ2) is 5.76. The van der Waals surface area contributed by atoms with Gasteiger partial charge in [0.2, 0.25) is 0 Å². The zero-order valence-electron chi connectivity index (χ0n) is 13.6. The topological polar surface area (TPSA) is 0 Å². The highest BCUT2D eigenvalue weighted by Crippen LogP contribution is 2.41. The second-order valence-corrected chi connectivity index (χ2v) is 10.5. The molecule has 124 valence electrons. The van der Waals surface area contributed by atoms with Crippen LogP contribution in [-0.2, 0) is 0 Å². The quantitative estimate of drug-likeness (QED) is 0.271. The van der Waals surface area contributed by atoms with Gasteiger partial charge in [0.15, 0.2) is 0 Å². The van der Waals surface area contributed by atoms with Crippen LogP contribution < -0.4 is 0 Å². The number of benzene rings is 2. The van der Waals surface area contributed by atoms with Gasteiger partial charge >= 0.3 is 0 Å². The minimum absolute atomic E-state index is 1.33. The summed E-state index contributed by atoms with van der Waals surface area (Å²) in [6, 6.07) is 22.0. The van der Waals surface area contributed by atoms with Crippen LogP contribution in [0.25, 0.3) is 51.1 Å². The van der Waals surface area contributed by atoms with E-state index in [1.807, 2.05) is 45.3 Å². The third-order valence-corrected chi connectivity index (χ3v) is 9.31. The van der Waals surface area contributed by atoms with Gasteiger partial charge in [0.25, 0.3) is 0 Å². The summed E-state index contributed by atoms with van der Waals surface area (Å²) >= 11 is 7.57. The van der Waals surface area contributed by atoms with Crippen LogP contribution in [0.4, 0.5) is 0 Å². The van der Waals surface area contributed by atoms with Crippen molar-refractivity contribution in [1.82, 2.24) is 0 Å². The maximum absolute atomic E-state index is 2.33. The lowest BCUT2D eigenvalue weighted by Crippen LogP contribution is -1.60. The molecule has 0 aliphatic heterocycles. The third-order valence-electron chi connectivity index (χ3n) is 4.55. The molecule has 0 spiro atoms. The van der Waals surface area contributed by atoms with Crippen molar-refractivity contribution in [2.75, 3.05) is 0 Å². The normalized spacial score (nSPS) is 12.5. The first-order chi connectivity index (χ1) is 12.8. The molecule has 0 saturated carbocycles. The van der Waals surface area contributed by atoms with Gasteiger partial charge in [-0.25, -0.2) is 0 Å². The van der Waals surface area contributed by atoms with Gasteiger partial charge in [-0.3, -0.25) is 0 Å². The lowest BCUT2D eigenvalue weighted by atomic mass is 10.2. The fourth-order valence-corrected chi connectivity index (χ4v) is 8.24. The zero-order chi connectivity index (χ0) is 17.1. The molecular formula is C22H12S4. The molecule has 0 N–H and O–H groups in total. The van der Waals surface area contributed by atoms with Crippen LogP contribution in [0.15, 0.2) is 60.7 Å². The summed E-state index contributed by atoms with van der Waals surface area (Å²) in [5, 5.41) is 2.78. The first kappa shape index (κ1) is 15.1. The predicted octanol–water partition coefficient (Wildman–Crippen LogP) is 8.72. The van der Waals surface area contributed by atoms with Crippen LogP contribution >= 0.6 is 45.3 Å². The first-order valence-electron chi connectivity index (χ1n) is 8.35. The average molecular weight is 405 g/mol. The highest BCUT2D eigenvalue weighted by molar-refractivity contribution is 7.33. The molecule has 0 aliphatic carbocycles. The highest BCUT2D eigenvalue weighted by Gasteiger charge is 2.09. The fraction of sp³-hybridized carbons (Fsp3) is 0. The Kier molecular flexibility index (Phi) is 3.35. The lowest BCUT2D eigenvalue weighted by molar-refractivity contribution is 1.87. The number of thiophene rings is 4. The molecule has 0 amide bonds. The molecule has 6 aromatic rings. The molecule has 4 heterocycles. The van der Waals surface area contributed by atoms with E-state index in [1.54, 1.807) is 0 Å². The van der Waals surface area contributed by atoms with E-state index in [0.29, 0.717) is 0 Å². The summed E-state index contributed by atoms with van der Waals surface area (Å²) in [4.78, 5) is 2.66. The number of rotatable bonds is 2. The molecule has 0 nitrogen and oxygen atoms in total. The smallest absolute Gasteiger partial charge is 0.0535 e. The van der Waals surface area contributed by atoms with Crippen LogP contribution in [0.3, 0.4) is 0 Å². The number of hydrogen-bond donors (Lipinski definition) is 0. The second-order valence-electron chi connectivity index (χ2n) is 6.21. The van der Waals surface area contributed by atoms with Gasteiger partial charge in [0.05, 0.1) is 9.40 Å². The van der Waals surface area contributed by atoms with Gasteiger partial charge in [-0.1, -0.05) is 36.4 Å². The van der Waals surface area contributed by atoms with Gasteiger partial charge in [0, 0.05) is 39.3 Å². The fourth-order valence-electron chi connectivity index (χ4n) is 3.36. The van der Waals surface area contributed by atoms with Crippen LogP contribution in [0.5, 0.6) is 0 Å². The maximum Gasteiger partial charge on any atom is 0.0535 e. The standard InChI is InChI=1S/C22H12S4/c1-3-7-17-15(5-1)21-19(25-17)11-13(23-21)9-10-14-12-20-22(24-14)16-6-2-4-8-18(16)26-20/h1-12H/b10-9+. The summed E-state index contributed by atoms with van der Waals surface area (Å²) in [6.07, 6.45) is 4.54. The molecule has 4 aromatic heterocycles. The molecule has 4 heteroatoms. The Morgan fingerprint density at radius 2 is 0.962 bits per heavy atom. The summed E-state index contributed by atoms with van der Waals surface area (Å²) in [7, 11) is 0. The van der Waals surface area contributed by atoms with Crippen molar-refractivity contribution >= 4 is 96.5 Å². The molecule has 0 saturated heterocycles. The monoisotopic (exact) mass is 404 g/mol. The first-order valence-corrected chi connectivity index (χ1v) is 11.6. The average Bonchev–Trinajstić information content (AvgIpc) is 3.38. The van der Waals surface area contributed by atoms with Crippen LogP contribution in [0, 0.1) is 0 Å². The molecular weight excluding hydrogens is 393 g/mol. The SMILES string of the molecule is C(=C\c1cc2sc3ccccc3c2s1)/c1cc2sc3ccccc3c2s1. The molecule has 0 unspecified atom stereocenters. The van der Waals surface area contributed by atoms with Gasteiger partial charge in [-0.15, -0.1) is 45.3 Å². The summed E-state index contributed by atoms with van der Waals surface area (Å²) in [5.74, 6) is 0. The van der Waals surface area contributed by atoms with Crippen LogP contribution in [0.1, 0.15) is 9.75 Å². The van der Waals surface area contributed by atoms with Gasteiger partial charge in [-0.2, -0.15) is 0 Å². The molecule has 26 heavy (non-hydrogen) atoms. The Bertz CT molecular complexity index is 1320. The molecule has 6 rings (SSSR count). The van der Waals surface area contributed by atoms with E-state index in [9.17, 15) is 0 Å². The van der Waals surface area contributed by atoms with Gasteiger partial charge in [0.1, 0.15) is 0 Å². The van der Waals surface area contributed by atoms with Crippen molar-refractivity contribution in [3.05, 3.63) is 70.4 Å². The Morgan fingerprint density at radius 1 is 0.500 bits per heavy atom. The van der Waals surface area contributed by atoms with E-state index in [1.165, 1.54) is 48.7 Å². The largest absolute Gasteiger partial charge is 0.134 e.